The van der Waals surface area contributed by atoms with Gasteiger partial charge in [0.15, 0.2) is 6.61 Å². The molecule has 0 aromatic heterocycles. The van der Waals surface area contributed by atoms with Gasteiger partial charge >= 0.3 is 5.97 Å². The van der Waals surface area contributed by atoms with Gasteiger partial charge in [-0.25, -0.2) is 4.79 Å². The summed E-state index contributed by atoms with van der Waals surface area (Å²) in [5.74, 6) is -1.33. The van der Waals surface area contributed by atoms with Crippen molar-refractivity contribution < 1.29 is 19.1 Å². The number of nitrogens with one attached hydrogen (secondary N) is 1. The van der Waals surface area contributed by atoms with Crippen LogP contribution in [0.5, 0.6) is 0 Å². The number of anilines is 1. The highest BCUT2D eigenvalue weighted by molar-refractivity contribution is 7.98. The lowest BCUT2D eigenvalue weighted by molar-refractivity contribution is -0.136. The van der Waals surface area contributed by atoms with Crippen molar-refractivity contribution in [3.8, 4) is 0 Å². The number of thioether (sulfide) groups is 1. The molecule has 7 heteroatoms. The van der Waals surface area contributed by atoms with E-state index in [2.05, 4.69) is 5.32 Å². The van der Waals surface area contributed by atoms with Gasteiger partial charge in [-0.1, -0.05) is 29.8 Å². The molecule has 0 unspecified atom stereocenters. The maximum absolute atomic E-state index is 12.2. The summed E-state index contributed by atoms with van der Waals surface area (Å²) in [6.45, 7) is 3.19. The summed E-state index contributed by atoms with van der Waals surface area (Å²) in [6, 6.07) is 12.8. The van der Waals surface area contributed by atoms with E-state index < -0.39 is 18.5 Å². The van der Waals surface area contributed by atoms with Crippen LogP contribution < -0.4 is 5.32 Å². The summed E-state index contributed by atoms with van der Waals surface area (Å²) >= 11 is 1.52. The van der Waals surface area contributed by atoms with Gasteiger partial charge in [-0.2, -0.15) is 0 Å². The van der Waals surface area contributed by atoms with E-state index in [1.807, 2.05) is 50.4 Å². The Hall–Kier alpha value is -2.80. The summed E-state index contributed by atoms with van der Waals surface area (Å²) in [7, 11) is 1.49. The first kappa shape index (κ1) is 21.5. The van der Waals surface area contributed by atoms with Crippen molar-refractivity contribution in [2.45, 2.75) is 18.7 Å². The number of aryl methyl sites for hydroxylation is 2. The number of nitrogens with zero attached hydrogens (tertiary/aromatic N) is 1. The SMILES string of the molecule is CSc1ccccc1NC(=O)CN(C)C(=O)COC(=O)c1ccc(C)cc1C. The van der Waals surface area contributed by atoms with Crippen molar-refractivity contribution in [1.82, 2.24) is 4.90 Å². The van der Waals surface area contributed by atoms with Gasteiger partial charge in [0.25, 0.3) is 5.91 Å². The second kappa shape index (κ2) is 9.94. The molecule has 2 amide bonds. The van der Waals surface area contributed by atoms with Crippen LogP contribution in [-0.2, 0) is 14.3 Å². The molecule has 0 aliphatic carbocycles. The normalized spacial score (nSPS) is 10.3. The number of carbonyl (C=O) groups excluding carboxylic acids is 3. The molecule has 2 aromatic rings. The van der Waals surface area contributed by atoms with Crippen molar-refractivity contribution in [3.05, 3.63) is 59.2 Å². The average Bonchev–Trinajstić information content (AvgIpc) is 2.66. The standard InChI is InChI=1S/C21H24N2O4S/c1-14-9-10-16(15(2)11-14)21(26)27-13-20(25)23(3)12-19(24)22-17-7-5-6-8-18(17)28-4/h5-11H,12-13H2,1-4H3,(H,22,24). The molecule has 1 N–H and O–H groups in total. The lowest BCUT2D eigenvalue weighted by Gasteiger charge is -2.17. The third-order valence-corrected chi connectivity index (χ3v) is 4.91. The number of amides is 2. The Morgan fingerprint density at radius 2 is 1.82 bits per heavy atom. The van der Waals surface area contributed by atoms with Crippen molar-refractivity contribution in [2.24, 2.45) is 0 Å². The number of para-hydroxylation sites is 1. The van der Waals surface area contributed by atoms with E-state index in [1.165, 1.54) is 23.7 Å². The number of hydrogen-bond acceptors (Lipinski definition) is 5. The molecule has 0 bridgehead atoms. The Labute approximate surface area is 169 Å². The molecule has 0 radical (unpaired) electrons. The second-order valence-electron chi connectivity index (χ2n) is 6.39. The van der Waals surface area contributed by atoms with Crippen LogP contribution in [0, 0.1) is 13.8 Å². The zero-order chi connectivity index (χ0) is 20.7. The molecule has 148 valence electrons. The van der Waals surface area contributed by atoms with Crippen molar-refractivity contribution in [1.29, 1.82) is 0 Å². The van der Waals surface area contributed by atoms with E-state index in [0.29, 0.717) is 11.3 Å². The van der Waals surface area contributed by atoms with E-state index in [9.17, 15) is 14.4 Å². The van der Waals surface area contributed by atoms with Gasteiger partial charge in [-0.3, -0.25) is 9.59 Å². The van der Waals surface area contributed by atoms with Gasteiger partial charge < -0.3 is 15.0 Å². The zero-order valence-corrected chi connectivity index (χ0v) is 17.3. The Morgan fingerprint density at radius 1 is 1.11 bits per heavy atom. The Bertz CT molecular complexity index is 882. The minimum atomic E-state index is -0.558. The van der Waals surface area contributed by atoms with Crippen LogP contribution in [0.1, 0.15) is 21.5 Å². The molecule has 2 aromatic carbocycles. The molecule has 0 spiro atoms. The molecule has 0 aliphatic heterocycles. The summed E-state index contributed by atoms with van der Waals surface area (Å²) in [5.41, 5.74) is 2.95. The Morgan fingerprint density at radius 3 is 2.50 bits per heavy atom. The van der Waals surface area contributed by atoms with Crippen LogP contribution in [0.25, 0.3) is 0 Å². The van der Waals surface area contributed by atoms with E-state index in [0.717, 1.165) is 16.0 Å². The van der Waals surface area contributed by atoms with Crippen LogP contribution in [0.3, 0.4) is 0 Å². The third-order valence-electron chi connectivity index (χ3n) is 4.12. The van der Waals surface area contributed by atoms with E-state index >= 15 is 0 Å². The monoisotopic (exact) mass is 400 g/mol. The number of carbonyl (C=O) groups is 3. The Balaban J connectivity index is 1.86. The first-order chi connectivity index (χ1) is 13.3. The fourth-order valence-corrected chi connectivity index (χ4v) is 3.15. The van der Waals surface area contributed by atoms with E-state index in [-0.39, 0.29) is 12.5 Å². The summed E-state index contributed by atoms with van der Waals surface area (Å²) in [4.78, 5) is 38.7. The highest BCUT2D eigenvalue weighted by Gasteiger charge is 2.17. The predicted octanol–water partition coefficient (Wildman–Crippen LogP) is 3.28. The van der Waals surface area contributed by atoms with Crippen LogP contribution in [0.15, 0.2) is 47.4 Å². The smallest absolute Gasteiger partial charge is 0.338 e. The lowest BCUT2D eigenvalue weighted by atomic mass is 10.1. The molecule has 0 heterocycles. The number of likely N-dealkylation sites (N-methyl/N-ethyl adjacent to an activating group) is 1. The predicted molar refractivity (Wildman–Crippen MR) is 111 cm³/mol. The number of benzene rings is 2. The molecule has 0 aliphatic rings. The van der Waals surface area contributed by atoms with Crippen molar-refractivity contribution in [3.63, 3.8) is 0 Å². The molecule has 0 saturated heterocycles. The van der Waals surface area contributed by atoms with Gasteiger partial charge in [-0.15, -0.1) is 11.8 Å². The molecule has 2 rings (SSSR count). The molecular weight excluding hydrogens is 376 g/mol. The first-order valence-electron chi connectivity index (χ1n) is 8.73. The highest BCUT2D eigenvalue weighted by Crippen LogP contribution is 2.24. The largest absolute Gasteiger partial charge is 0.452 e. The van der Waals surface area contributed by atoms with Crippen molar-refractivity contribution in [2.75, 3.05) is 31.8 Å². The first-order valence-corrected chi connectivity index (χ1v) is 9.95. The molecule has 0 saturated carbocycles. The summed E-state index contributed by atoms with van der Waals surface area (Å²) in [6.07, 6.45) is 1.92. The minimum absolute atomic E-state index is 0.136. The minimum Gasteiger partial charge on any atom is -0.452 e. The number of rotatable bonds is 7. The quantitative estimate of drug-likeness (QED) is 0.570. The topological polar surface area (TPSA) is 75.7 Å². The van der Waals surface area contributed by atoms with Gasteiger partial charge in [0.1, 0.15) is 0 Å². The van der Waals surface area contributed by atoms with Gasteiger partial charge in [0.05, 0.1) is 17.8 Å². The third kappa shape index (κ3) is 5.85. The van der Waals surface area contributed by atoms with Crippen LogP contribution in [0.4, 0.5) is 5.69 Å². The van der Waals surface area contributed by atoms with Gasteiger partial charge in [-0.05, 0) is 43.9 Å². The van der Waals surface area contributed by atoms with Crippen LogP contribution in [-0.4, -0.2) is 49.1 Å². The Kier molecular flexibility index (Phi) is 7.63. The average molecular weight is 401 g/mol. The fraction of sp³-hybridized carbons (Fsp3) is 0.286. The lowest BCUT2D eigenvalue weighted by Crippen LogP contribution is -2.37. The second-order valence-corrected chi connectivity index (χ2v) is 7.24. The summed E-state index contributed by atoms with van der Waals surface area (Å²) in [5, 5.41) is 2.79. The molecule has 28 heavy (non-hydrogen) atoms. The van der Waals surface area contributed by atoms with Crippen molar-refractivity contribution >= 4 is 35.2 Å². The molecule has 0 atom stereocenters. The van der Waals surface area contributed by atoms with Crippen LogP contribution >= 0.6 is 11.8 Å². The maximum Gasteiger partial charge on any atom is 0.338 e. The maximum atomic E-state index is 12.2. The number of ether oxygens (including phenoxy) is 1. The van der Waals surface area contributed by atoms with Crippen LogP contribution in [0.2, 0.25) is 0 Å². The molecule has 0 fully saturated rings. The molecule has 6 nitrogen and oxygen atoms in total. The van der Waals surface area contributed by atoms with E-state index in [4.69, 9.17) is 4.74 Å². The zero-order valence-electron chi connectivity index (χ0n) is 16.4. The fourth-order valence-electron chi connectivity index (χ4n) is 2.60. The molecular formula is C21H24N2O4S. The number of hydrogen-bond donors (Lipinski definition) is 1. The number of esters is 1. The van der Waals surface area contributed by atoms with E-state index in [1.54, 1.807) is 12.1 Å². The van der Waals surface area contributed by atoms with Gasteiger partial charge in [0.2, 0.25) is 5.91 Å². The highest BCUT2D eigenvalue weighted by atomic mass is 32.2. The van der Waals surface area contributed by atoms with Gasteiger partial charge in [0, 0.05) is 11.9 Å². The summed E-state index contributed by atoms with van der Waals surface area (Å²) < 4.78 is 5.10.